The first-order valence-corrected chi connectivity index (χ1v) is 7.05. The van der Waals surface area contributed by atoms with Crippen molar-refractivity contribution >= 4 is 5.65 Å². The lowest BCUT2D eigenvalue weighted by molar-refractivity contribution is 0.506. The molecule has 0 bridgehead atoms. The molecule has 21 heavy (non-hydrogen) atoms. The van der Waals surface area contributed by atoms with Crippen molar-refractivity contribution in [3.8, 4) is 11.3 Å². The maximum absolute atomic E-state index is 14.1. The summed E-state index contributed by atoms with van der Waals surface area (Å²) in [4.78, 5) is 8.49. The first kappa shape index (κ1) is 12.4. The summed E-state index contributed by atoms with van der Waals surface area (Å²) in [6.07, 6.45) is 4.64. The highest BCUT2D eigenvalue weighted by atomic mass is 19.1. The van der Waals surface area contributed by atoms with Crippen LogP contribution < -0.4 is 0 Å². The SMILES string of the molecule is Fc1ccccc1-c1cn2c(F)nc3c(c2n1)CCCC3. The third-order valence-corrected chi connectivity index (χ3v) is 3.99. The normalized spacial score (nSPS) is 14.4. The average Bonchev–Trinajstić information content (AvgIpc) is 2.94. The lowest BCUT2D eigenvalue weighted by atomic mass is 9.97. The number of hydrogen-bond donors (Lipinski definition) is 0. The van der Waals surface area contributed by atoms with Gasteiger partial charge in [0.2, 0.25) is 0 Å². The van der Waals surface area contributed by atoms with Crippen molar-refractivity contribution in [2.24, 2.45) is 0 Å². The molecule has 0 saturated heterocycles. The van der Waals surface area contributed by atoms with Crippen LogP contribution in [0.3, 0.4) is 0 Å². The number of nitrogens with zero attached hydrogens (tertiary/aromatic N) is 3. The molecule has 1 aliphatic rings. The van der Waals surface area contributed by atoms with E-state index in [-0.39, 0.29) is 5.82 Å². The molecule has 2 aromatic heterocycles. The lowest BCUT2D eigenvalue weighted by Gasteiger charge is -2.15. The minimum atomic E-state index is -0.583. The summed E-state index contributed by atoms with van der Waals surface area (Å²) in [6, 6.07) is 6.39. The third kappa shape index (κ3) is 1.92. The second-order valence-corrected chi connectivity index (χ2v) is 5.31. The first-order valence-electron chi connectivity index (χ1n) is 7.05. The number of benzene rings is 1. The van der Waals surface area contributed by atoms with Gasteiger partial charge >= 0.3 is 0 Å². The highest BCUT2D eigenvalue weighted by Gasteiger charge is 2.20. The van der Waals surface area contributed by atoms with Crippen molar-refractivity contribution in [1.29, 1.82) is 0 Å². The molecule has 5 heteroatoms. The van der Waals surface area contributed by atoms with E-state index in [0.717, 1.165) is 36.9 Å². The van der Waals surface area contributed by atoms with E-state index < -0.39 is 6.08 Å². The third-order valence-electron chi connectivity index (χ3n) is 3.99. The summed E-state index contributed by atoms with van der Waals surface area (Å²) >= 11 is 0. The quantitative estimate of drug-likeness (QED) is 0.640. The second kappa shape index (κ2) is 4.62. The summed E-state index contributed by atoms with van der Waals surface area (Å²) in [5.41, 5.74) is 3.16. The summed E-state index contributed by atoms with van der Waals surface area (Å²) in [5, 5.41) is 0. The molecule has 0 fully saturated rings. The van der Waals surface area contributed by atoms with Crippen LogP contribution in [0.1, 0.15) is 24.1 Å². The highest BCUT2D eigenvalue weighted by Crippen LogP contribution is 2.28. The number of imidazole rings is 1. The second-order valence-electron chi connectivity index (χ2n) is 5.31. The van der Waals surface area contributed by atoms with Crippen LogP contribution in [-0.4, -0.2) is 14.4 Å². The average molecular weight is 285 g/mol. The Labute approximate surface area is 120 Å². The maximum atomic E-state index is 14.1. The van der Waals surface area contributed by atoms with Gasteiger partial charge in [0.25, 0.3) is 6.08 Å². The van der Waals surface area contributed by atoms with Crippen molar-refractivity contribution in [1.82, 2.24) is 14.4 Å². The molecule has 0 radical (unpaired) electrons. The number of halogens is 2. The molecule has 0 N–H and O–H groups in total. The van der Waals surface area contributed by atoms with Crippen molar-refractivity contribution in [3.05, 3.63) is 53.6 Å². The molecule has 1 aromatic carbocycles. The molecule has 0 spiro atoms. The van der Waals surface area contributed by atoms with Crippen LogP contribution in [-0.2, 0) is 12.8 Å². The van der Waals surface area contributed by atoms with Gasteiger partial charge in [0, 0.05) is 17.3 Å². The Morgan fingerprint density at radius 3 is 2.67 bits per heavy atom. The molecule has 106 valence electrons. The van der Waals surface area contributed by atoms with E-state index in [9.17, 15) is 8.78 Å². The molecular weight excluding hydrogens is 272 g/mol. The van der Waals surface area contributed by atoms with Crippen LogP contribution in [0.5, 0.6) is 0 Å². The Bertz CT molecular complexity index is 839. The van der Waals surface area contributed by atoms with Crippen LogP contribution in [0.15, 0.2) is 30.5 Å². The van der Waals surface area contributed by atoms with Crippen LogP contribution in [0.4, 0.5) is 8.78 Å². The number of aryl methyl sites for hydroxylation is 2. The molecule has 0 aliphatic heterocycles. The Hall–Kier alpha value is -2.30. The molecule has 0 saturated carbocycles. The Kier molecular flexibility index (Phi) is 2.74. The monoisotopic (exact) mass is 285 g/mol. The van der Waals surface area contributed by atoms with Gasteiger partial charge in [-0.2, -0.15) is 4.39 Å². The molecule has 3 aromatic rings. The van der Waals surface area contributed by atoms with E-state index in [0.29, 0.717) is 16.9 Å². The largest absolute Gasteiger partial charge is 0.295 e. The highest BCUT2D eigenvalue weighted by molar-refractivity contribution is 5.65. The van der Waals surface area contributed by atoms with E-state index >= 15 is 0 Å². The van der Waals surface area contributed by atoms with Gasteiger partial charge < -0.3 is 0 Å². The molecule has 0 atom stereocenters. The number of hydrogen-bond acceptors (Lipinski definition) is 2. The predicted octanol–water partition coefficient (Wildman–Crippen LogP) is 3.55. The van der Waals surface area contributed by atoms with Crippen LogP contribution in [0.25, 0.3) is 16.9 Å². The van der Waals surface area contributed by atoms with E-state index in [1.165, 1.54) is 16.7 Å². The molecular formula is C16H13F2N3. The van der Waals surface area contributed by atoms with E-state index in [2.05, 4.69) is 9.97 Å². The standard InChI is InChI=1S/C16H13F2N3/c17-12-7-3-1-5-10(12)14-9-21-15(19-14)11-6-2-4-8-13(11)20-16(21)18/h1,3,5,7,9H,2,4,6,8H2. The van der Waals surface area contributed by atoms with Crippen molar-refractivity contribution in [2.45, 2.75) is 25.7 Å². The fourth-order valence-corrected chi connectivity index (χ4v) is 2.95. The fourth-order valence-electron chi connectivity index (χ4n) is 2.95. The summed E-state index contributed by atoms with van der Waals surface area (Å²) < 4.78 is 29.3. The van der Waals surface area contributed by atoms with Crippen molar-refractivity contribution in [3.63, 3.8) is 0 Å². The van der Waals surface area contributed by atoms with Crippen molar-refractivity contribution < 1.29 is 8.78 Å². The molecule has 0 amide bonds. The molecule has 4 rings (SSSR count). The fraction of sp³-hybridized carbons (Fsp3) is 0.250. The molecule has 1 aliphatic carbocycles. The van der Waals surface area contributed by atoms with Gasteiger partial charge in [-0.3, -0.25) is 4.40 Å². The van der Waals surface area contributed by atoms with Crippen LogP contribution >= 0.6 is 0 Å². The van der Waals surface area contributed by atoms with Gasteiger partial charge in [-0.25, -0.2) is 14.4 Å². The minimum Gasteiger partial charge on any atom is -0.259 e. The van der Waals surface area contributed by atoms with Gasteiger partial charge in [-0.1, -0.05) is 12.1 Å². The van der Waals surface area contributed by atoms with E-state index in [4.69, 9.17) is 0 Å². The molecule has 3 nitrogen and oxygen atoms in total. The summed E-state index contributed by atoms with van der Waals surface area (Å²) in [7, 11) is 0. The Balaban J connectivity index is 1.98. The topological polar surface area (TPSA) is 30.2 Å². The lowest BCUT2D eigenvalue weighted by Crippen LogP contribution is -2.11. The molecule has 0 unspecified atom stereocenters. The number of rotatable bonds is 1. The zero-order valence-electron chi connectivity index (χ0n) is 11.3. The Morgan fingerprint density at radius 1 is 1.00 bits per heavy atom. The van der Waals surface area contributed by atoms with Gasteiger partial charge in [0.15, 0.2) is 0 Å². The summed E-state index contributed by atoms with van der Waals surface area (Å²) in [5.74, 6) is -0.358. The van der Waals surface area contributed by atoms with Crippen LogP contribution in [0.2, 0.25) is 0 Å². The van der Waals surface area contributed by atoms with Crippen LogP contribution in [0, 0.1) is 11.9 Å². The zero-order valence-corrected chi connectivity index (χ0v) is 11.3. The van der Waals surface area contributed by atoms with Crippen molar-refractivity contribution in [2.75, 3.05) is 0 Å². The predicted molar refractivity (Wildman–Crippen MR) is 75.0 cm³/mol. The van der Waals surface area contributed by atoms with Gasteiger partial charge in [0.1, 0.15) is 11.5 Å². The van der Waals surface area contributed by atoms with Gasteiger partial charge in [-0.05, 0) is 37.8 Å². The zero-order chi connectivity index (χ0) is 14.4. The number of fused-ring (bicyclic) bond motifs is 3. The van der Waals surface area contributed by atoms with E-state index in [1.807, 2.05) is 0 Å². The molecule has 2 heterocycles. The first-order chi connectivity index (χ1) is 10.2. The number of aromatic nitrogens is 3. The van der Waals surface area contributed by atoms with Gasteiger partial charge in [0.05, 0.1) is 11.4 Å². The van der Waals surface area contributed by atoms with Gasteiger partial charge in [-0.15, -0.1) is 0 Å². The minimum absolute atomic E-state index is 0.358. The smallest absolute Gasteiger partial charge is 0.259 e. The van der Waals surface area contributed by atoms with E-state index in [1.54, 1.807) is 18.2 Å². The summed E-state index contributed by atoms with van der Waals surface area (Å²) in [6.45, 7) is 0. The maximum Gasteiger partial charge on any atom is 0.295 e. The Morgan fingerprint density at radius 2 is 1.81 bits per heavy atom.